The number of halogens is 2. The molecule has 2 aromatic carbocycles. The van der Waals surface area contributed by atoms with Crippen molar-refractivity contribution in [2.45, 2.75) is 12.5 Å². The molecule has 2 aromatic rings. The summed E-state index contributed by atoms with van der Waals surface area (Å²) in [6.45, 7) is 0.449. The van der Waals surface area contributed by atoms with Crippen molar-refractivity contribution in [1.29, 1.82) is 0 Å². The lowest BCUT2D eigenvalue weighted by molar-refractivity contribution is 0.708. The number of nitrogens with two attached hydrogens (primary N) is 1. The maximum atomic E-state index is 6.31. The van der Waals surface area contributed by atoms with Gasteiger partial charge in [0, 0.05) is 18.0 Å². The number of nitrogens with zero attached hydrogens (tertiary/aromatic N) is 2. The van der Waals surface area contributed by atoms with E-state index >= 15 is 0 Å². The standard InChI is InChI=1S/C16H15Cl2N3/c17-12-7-5-11(6-8-12)16-9-13(10-19)20-21(16)15-4-2-1-3-14(15)18/h1-8,16H,9-10,19H2. The van der Waals surface area contributed by atoms with Gasteiger partial charge in [0.2, 0.25) is 0 Å². The van der Waals surface area contributed by atoms with Gasteiger partial charge in [-0.05, 0) is 29.8 Å². The van der Waals surface area contributed by atoms with E-state index in [2.05, 4.69) is 5.10 Å². The van der Waals surface area contributed by atoms with Gasteiger partial charge in [0.25, 0.3) is 0 Å². The quantitative estimate of drug-likeness (QED) is 0.918. The SMILES string of the molecule is NCC1=NN(c2ccccc2Cl)C(c2ccc(Cl)cc2)C1. The smallest absolute Gasteiger partial charge is 0.0829 e. The molecule has 0 saturated heterocycles. The molecular formula is C16H15Cl2N3. The molecule has 0 aliphatic carbocycles. The largest absolute Gasteiger partial charge is 0.325 e. The molecule has 21 heavy (non-hydrogen) atoms. The molecule has 0 bridgehead atoms. The predicted molar refractivity (Wildman–Crippen MR) is 89.2 cm³/mol. The first-order valence-corrected chi connectivity index (χ1v) is 7.50. The van der Waals surface area contributed by atoms with Crippen molar-refractivity contribution in [3.63, 3.8) is 0 Å². The molecule has 1 unspecified atom stereocenters. The van der Waals surface area contributed by atoms with Gasteiger partial charge in [-0.25, -0.2) is 0 Å². The molecule has 5 heteroatoms. The summed E-state index contributed by atoms with van der Waals surface area (Å²) in [5.41, 5.74) is 8.77. The number of rotatable bonds is 3. The fourth-order valence-corrected chi connectivity index (χ4v) is 2.85. The van der Waals surface area contributed by atoms with E-state index in [1.807, 2.05) is 53.5 Å². The van der Waals surface area contributed by atoms with Crippen molar-refractivity contribution in [3.8, 4) is 0 Å². The van der Waals surface area contributed by atoms with E-state index in [0.717, 1.165) is 28.4 Å². The van der Waals surface area contributed by atoms with Crippen LogP contribution in [0, 0.1) is 0 Å². The molecule has 1 aliphatic rings. The van der Waals surface area contributed by atoms with Gasteiger partial charge in [-0.1, -0.05) is 47.5 Å². The first-order chi connectivity index (χ1) is 10.2. The minimum absolute atomic E-state index is 0.0979. The third-order valence-electron chi connectivity index (χ3n) is 3.56. The molecular weight excluding hydrogens is 305 g/mol. The molecule has 0 spiro atoms. The Balaban J connectivity index is 2.00. The number of anilines is 1. The molecule has 0 fully saturated rings. The molecule has 3 rings (SSSR count). The van der Waals surface area contributed by atoms with E-state index in [4.69, 9.17) is 28.9 Å². The Hall–Kier alpha value is -1.55. The summed E-state index contributed by atoms with van der Waals surface area (Å²) in [4.78, 5) is 0. The van der Waals surface area contributed by atoms with E-state index in [0.29, 0.717) is 11.6 Å². The molecule has 0 aromatic heterocycles. The highest BCUT2D eigenvalue weighted by atomic mass is 35.5. The second kappa shape index (κ2) is 6.06. The van der Waals surface area contributed by atoms with Gasteiger partial charge >= 0.3 is 0 Å². The van der Waals surface area contributed by atoms with Gasteiger partial charge in [-0.15, -0.1) is 0 Å². The van der Waals surface area contributed by atoms with Crippen LogP contribution in [0.3, 0.4) is 0 Å². The summed E-state index contributed by atoms with van der Waals surface area (Å²) in [6, 6.07) is 15.6. The Bertz CT molecular complexity index is 667. The highest BCUT2D eigenvalue weighted by Gasteiger charge is 2.29. The van der Waals surface area contributed by atoms with Gasteiger partial charge in [-0.2, -0.15) is 5.10 Å². The van der Waals surface area contributed by atoms with Crippen LogP contribution in [0.2, 0.25) is 10.0 Å². The number of hydrogen-bond acceptors (Lipinski definition) is 3. The van der Waals surface area contributed by atoms with Crippen LogP contribution in [0.5, 0.6) is 0 Å². The van der Waals surface area contributed by atoms with Gasteiger partial charge in [-0.3, -0.25) is 5.01 Å². The monoisotopic (exact) mass is 319 g/mol. The second-order valence-electron chi connectivity index (χ2n) is 4.94. The van der Waals surface area contributed by atoms with Crippen LogP contribution in [0.1, 0.15) is 18.0 Å². The Morgan fingerprint density at radius 2 is 1.81 bits per heavy atom. The topological polar surface area (TPSA) is 41.6 Å². The summed E-state index contributed by atoms with van der Waals surface area (Å²) in [7, 11) is 0. The minimum Gasteiger partial charge on any atom is -0.325 e. The summed E-state index contributed by atoms with van der Waals surface area (Å²) in [5.74, 6) is 0. The molecule has 2 N–H and O–H groups in total. The lowest BCUT2D eigenvalue weighted by Crippen LogP contribution is -2.18. The zero-order chi connectivity index (χ0) is 14.8. The summed E-state index contributed by atoms with van der Waals surface area (Å²) < 4.78 is 0. The van der Waals surface area contributed by atoms with Crippen LogP contribution in [-0.2, 0) is 0 Å². The maximum absolute atomic E-state index is 6.31. The van der Waals surface area contributed by atoms with Crippen LogP contribution >= 0.6 is 23.2 Å². The Morgan fingerprint density at radius 3 is 2.48 bits per heavy atom. The molecule has 0 saturated carbocycles. The molecule has 1 aliphatic heterocycles. The third-order valence-corrected chi connectivity index (χ3v) is 4.13. The molecule has 1 heterocycles. The Kier molecular flexibility index (Phi) is 4.15. The third kappa shape index (κ3) is 2.91. The first kappa shape index (κ1) is 14.4. The average Bonchev–Trinajstić information content (AvgIpc) is 2.92. The minimum atomic E-state index is 0.0979. The van der Waals surface area contributed by atoms with E-state index in [9.17, 15) is 0 Å². The number of hydrazone groups is 1. The lowest BCUT2D eigenvalue weighted by atomic mass is 10.0. The van der Waals surface area contributed by atoms with Crippen molar-refractivity contribution >= 4 is 34.6 Å². The van der Waals surface area contributed by atoms with E-state index < -0.39 is 0 Å². The van der Waals surface area contributed by atoms with Crippen molar-refractivity contribution in [2.75, 3.05) is 11.6 Å². The zero-order valence-corrected chi connectivity index (χ0v) is 12.8. The van der Waals surface area contributed by atoms with E-state index in [-0.39, 0.29) is 6.04 Å². The number of para-hydroxylation sites is 1. The highest BCUT2D eigenvalue weighted by molar-refractivity contribution is 6.33. The van der Waals surface area contributed by atoms with Gasteiger partial charge in [0.1, 0.15) is 0 Å². The maximum Gasteiger partial charge on any atom is 0.0829 e. The van der Waals surface area contributed by atoms with Gasteiger partial charge in [0.05, 0.1) is 22.5 Å². The summed E-state index contributed by atoms with van der Waals surface area (Å²) in [6.07, 6.45) is 0.795. The Morgan fingerprint density at radius 1 is 1.10 bits per heavy atom. The molecule has 108 valence electrons. The normalized spacial score (nSPS) is 18.0. The van der Waals surface area contributed by atoms with Crippen molar-refractivity contribution in [2.24, 2.45) is 10.8 Å². The van der Waals surface area contributed by atoms with Gasteiger partial charge < -0.3 is 5.73 Å². The van der Waals surface area contributed by atoms with Crippen LogP contribution in [0.25, 0.3) is 0 Å². The fraction of sp³-hybridized carbons (Fsp3) is 0.188. The highest BCUT2D eigenvalue weighted by Crippen LogP contribution is 2.38. The van der Waals surface area contributed by atoms with E-state index in [1.54, 1.807) is 0 Å². The summed E-state index contributed by atoms with van der Waals surface area (Å²) in [5, 5.41) is 7.98. The van der Waals surface area contributed by atoms with Crippen LogP contribution in [0.4, 0.5) is 5.69 Å². The number of benzene rings is 2. The average molecular weight is 320 g/mol. The summed E-state index contributed by atoms with van der Waals surface area (Å²) >= 11 is 12.3. The van der Waals surface area contributed by atoms with Crippen molar-refractivity contribution < 1.29 is 0 Å². The number of hydrogen-bond donors (Lipinski definition) is 1. The van der Waals surface area contributed by atoms with Crippen LogP contribution in [0.15, 0.2) is 53.6 Å². The van der Waals surface area contributed by atoms with E-state index in [1.165, 1.54) is 0 Å². The predicted octanol–water partition coefficient (Wildman–Crippen LogP) is 4.26. The lowest BCUT2D eigenvalue weighted by Gasteiger charge is -2.25. The van der Waals surface area contributed by atoms with Crippen molar-refractivity contribution in [1.82, 2.24) is 0 Å². The molecule has 3 nitrogen and oxygen atoms in total. The fourth-order valence-electron chi connectivity index (χ4n) is 2.50. The molecule has 0 amide bonds. The second-order valence-corrected chi connectivity index (χ2v) is 5.78. The van der Waals surface area contributed by atoms with Crippen molar-refractivity contribution in [3.05, 3.63) is 64.1 Å². The van der Waals surface area contributed by atoms with Crippen LogP contribution < -0.4 is 10.7 Å². The molecule has 1 atom stereocenters. The zero-order valence-electron chi connectivity index (χ0n) is 11.3. The first-order valence-electron chi connectivity index (χ1n) is 6.74. The Labute approximate surface area is 134 Å². The molecule has 0 radical (unpaired) electrons. The van der Waals surface area contributed by atoms with Gasteiger partial charge in [0.15, 0.2) is 0 Å². The van der Waals surface area contributed by atoms with Crippen LogP contribution in [-0.4, -0.2) is 12.3 Å².